The molecular weight excluding hydrogens is 188 g/mol. The Hall–Kier alpha value is -1.18. The zero-order valence-electron chi connectivity index (χ0n) is 9.99. The second-order valence-electron chi connectivity index (χ2n) is 3.55. The molecule has 84 valence electrons. The third kappa shape index (κ3) is 3.15. The van der Waals surface area contributed by atoms with E-state index in [0.717, 1.165) is 11.5 Å². The van der Waals surface area contributed by atoms with Crippen molar-refractivity contribution in [3.05, 3.63) is 35.8 Å². The van der Waals surface area contributed by atoms with Gasteiger partial charge in [-0.25, -0.2) is 0 Å². The van der Waals surface area contributed by atoms with Gasteiger partial charge in [-0.2, -0.15) is 0 Å². The van der Waals surface area contributed by atoms with Gasteiger partial charge in [-0.15, -0.1) is 0 Å². The molecule has 0 aromatic rings. The van der Waals surface area contributed by atoms with Gasteiger partial charge in [0.15, 0.2) is 11.5 Å². The normalized spacial score (nSPS) is 28.0. The molecule has 2 heteroatoms. The fourth-order valence-electron chi connectivity index (χ4n) is 1.38. The monoisotopic (exact) mass is 208 g/mol. The average Bonchev–Trinajstić information content (AvgIpc) is 2.44. The Kier molecular flexibility index (Phi) is 4.47. The molecule has 0 aromatic carbocycles. The highest BCUT2D eigenvalue weighted by Gasteiger charge is 2.18. The Bertz CT molecular complexity index is 287. The maximum Gasteiger partial charge on any atom is 0.161 e. The number of hydrogen-bond donors (Lipinski definition) is 0. The number of ether oxygens (including phenoxy) is 2. The molecule has 15 heavy (non-hydrogen) atoms. The molecule has 0 bridgehead atoms. The van der Waals surface area contributed by atoms with Crippen molar-refractivity contribution in [1.82, 2.24) is 0 Å². The molecule has 0 N–H and O–H groups in total. The van der Waals surface area contributed by atoms with Crippen molar-refractivity contribution in [3.8, 4) is 0 Å². The molecule has 1 heterocycles. The second-order valence-corrected chi connectivity index (χ2v) is 3.55. The van der Waals surface area contributed by atoms with Crippen LogP contribution >= 0.6 is 0 Å². The SMILES string of the molecule is CC.CC1C=CC2=C(C=C1)OC(C)CO2. The lowest BCUT2D eigenvalue weighted by Crippen LogP contribution is -2.21. The maximum atomic E-state index is 5.64. The molecule has 2 nitrogen and oxygen atoms in total. The Morgan fingerprint density at radius 1 is 1.07 bits per heavy atom. The van der Waals surface area contributed by atoms with E-state index >= 15 is 0 Å². The van der Waals surface area contributed by atoms with Crippen LogP contribution in [0.3, 0.4) is 0 Å². The largest absolute Gasteiger partial charge is 0.486 e. The molecule has 2 unspecified atom stereocenters. The zero-order chi connectivity index (χ0) is 11.3. The summed E-state index contributed by atoms with van der Waals surface area (Å²) in [5.74, 6) is 2.17. The van der Waals surface area contributed by atoms with Gasteiger partial charge in [-0.05, 0) is 25.0 Å². The van der Waals surface area contributed by atoms with E-state index in [2.05, 4.69) is 19.1 Å². The van der Waals surface area contributed by atoms with E-state index in [-0.39, 0.29) is 6.10 Å². The van der Waals surface area contributed by atoms with Crippen LogP contribution in [0, 0.1) is 5.92 Å². The predicted octanol–water partition coefficient (Wildman–Crippen LogP) is 3.42. The van der Waals surface area contributed by atoms with Gasteiger partial charge < -0.3 is 9.47 Å². The fourth-order valence-corrected chi connectivity index (χ4v) is 1.38. The van der Waals surface area contributed by atoms with Crippen LogP contribution in [0.2, 0.25) is 0 Å². The van der Waals surface area contributed by atoms with Crippen LogP contribution < -0.4 is 0 Å². The van der Waals surface area contributed by atoms with Crippen LogP contribution in [0.15, 0.2) is 35.8 Å². The molecule has 2 atom stereocenters. The Morgan fingerprint density at radius 3 is 2.33 bits per heavy atom. The van der Waals surface area contributed by atoms with E-state index in [4.69, 9.17) is 9.47 Å². The third-order valence-corrected chi connectivity index (χ3v) is 2.15. The molecule has 0 radical (unpaired) electrons. The Balaban J connectivity index is 0.000000531. The summed E-state index contributed by atoms with van der Waals surface area (Å²) in [6.45, 7) is 8.79. The minimum Gasteiger partial charge on any atom is -0.486 e. The van der Waals surface area contributed by atoms with Crippen molar-refractivity contribution < 1.29 is 9.47 Å². The minimum absolute atomic E-state index is 0.158. The summed E-state index contributed by atoms with van der Waals surface area (Å²) < 4.78 is 11.2. The molecule has 2 rings (SSSR count). The van der Waals surface area contributed by atoms with Crippen LogP contribution in [0.25, 0.3) is 0 Å². The van der Waals surface area contributed by atoms with Crippen molar-refractivity contribution in [2.75, 3.05) is 6.61 Å². The Labute approximate surface area is 92.3 Å². The molecule has 1 aliphatic carbocycles. The lowest BCUT2D eigenvalue weighted by atomic mass is 10.2. The molecule has 0 saturated heterocycles. The van der Waals surface area contributed by atoms with Gasteiger partial charge in [0, 0.05) is 0 Å². The molecule has 0 aromatic heterocycles. The van der Waals surface area contributed by atoms with E-state index in [1.807, 2.05) is 32.9 Å². The van der Waals surface area contributed by atoms with E-state index in [1.54, 1.807) is 0 Å². The topological polar surface area (TPSA) is 18.5 Å². The van der Waals surface area contributed by atoms with Gasteiger partial charge >= 0.3 is 0 Å². The average molecular weight is 208 g/mol. The lowest BCUT2D eigenvalue weighted by Gasteiger charge is -2.23. The first-order valence-corrected chi connectivity index (χ1v) is 5.66. The highest BCUT2D eigenvalue weighted by atomic mass is 16.6. The maximum absolute atomic E-state index is 5.64. The highest BCUT2D eigenvalue weighted by Crippen LogP contribution is 2.23. The van der Waals surface area contributed by atoms with E-state index in [0.29, 0.717) is 12.5 Å². The van der Waals surface area contributed by atoms with Gasteiger partial charge in [-0.1, -0.05) is 32.9 Å². The molecule has 0 fully saturated rings. The lowest BCUT2D eigenvalue weighted by molar-refractivity contribution is 0.0189. The van der Waals surface area contributed by atoms with Gasteiger partial charge in [0.2, 0.25) is 0 Å². The smallest absolute Gasteiger partial charge is 0.161 e. The standard InChI is InChI=1S/C11H14O2.C2H6/c1-8-3-5-10-11(6-4-8)13-9(2)7-12-10;1-2/h3-6,8-9H,7H2,1-2H3;1-2H3. The minimum atomic E-state index is 0.158. The Morgan fingerprint density at radius 2 is 1.67 bits per heavy atom. The quantitative estimate of drug-likeness (QED) is 0.607. The van der Waals surface area contributed by atoms with Crippen LogP contribution in [0.5, 0.6) is 0 Å². The van der Waals surface area contributed by atoms with Crippen molar-refractivity contribution in [1.29, 1.82) is 0 Å². The summed E-state index contributed by atoms with van der Waals surface area (Å²) in [6, 6.07) is 0. The van der Waals surface area contributed by atoms with Crippen LogP contribution in [-0.2, 0) is 9.47 Å². The predicted molar refractivity (Wildman–Crippen MR) is 62.3 cm³/mol. The second kappa shape index (κ2) is 5.64. The van der Waals surface area contributed by atoms with Gasteiger partial charge in [0.1, 0.15) is 12.7 Å². The summed E-state index contributed by atoms with van der Waals surface area (Å²) in [6.07, 6.45) is 8.37. The van der Waals surface area contributed by atoms with Crippen LogP contribution in [-0.4, -0.2) is 12.7 Å². The van der Waals surface area contributed by atoms with E-state index in [9.17, 15) is 0 Å². The first-order chi connectivity index (χ1) is 7.25. The van der Waals surface area contributed by atoms with Crippen molar-refractivity contribution in [2.24, 2.45) is 5.92 Å². The summed E-state index contributed by atoms with van der Waals surface area (Å²) in [4.78, 5) is 0. The van der Waals surface area contributed by atoms with E-state index < -0.39 is 0 Å². The van der Waals surface area contributed by atoms with Crippen LogP contribution in [0.4, 0.5) is 0 Å². The van der Waals surface area contributed by atoms with Crippen molar-refractivity contribution in [3.63, 3.8) is 0 Å². The van der Waals surface area contributed by atoms with Gasteiger partial charge in [0.25, 0.3) is 0 Å². The molecular formula is C13H20O2. The van der Waals surface area contributed by atoms with Gasteiger partial charge in [-0.3, -0.25) is 0 Å². The highest BCUT2D eigenvalue weighted by molar-refractivity contribution is 5.30. The first-order valence-electron chi connectivity index (χ1n) is 5.66. The summed E-state index contributed by atoms with van der Waals surface area (Å²) in [5.41, 5.74) is 0. The van der Waals surface area contributed by atoms with Crippen LogP contribution in [0.1, 0.15) is 27.7 Å². The summed E-state index contributed by atoms with van der Waals surface area (Å²) >= 11 is 0. The number of rotatable bonds is 0. The van der Waals surface area contributed by atoms with E-state index in [1.165, 1.54) is 0 Å². The summed E-state index contributed by atoms with van der Waals surface area (Å²) in [5, 5.41) is 0. The molecule has 0 spiro atoms. The van der Waals surface area contributed by atoms with Crippen molar-refractivity contribution >= 4 is 0 Å². The third-order valence-electron chi connectivity index (χ3n) is 2.15. The molecule has 0 saturated carbocycles. The number of allylic oxidation sites excluding steroid dienone is 4. The fraction of sp³-hybridized carbons (Fsp3) is 0.538. The molecule has 1 aliphatic heterocycles. The zero-order valence-corrected chi connectivity index (χ0v) is 9.99. The summed E-state index contributed by atoms with van der Waals surface area (Å²) in [7, 11) is 0. The number of hydrogen-bond acceptors (Lipinski definition) is 2. The van der Waals surface area contributed by atoms with Crippen molar-refractivity contribution in [2.45, 2.75) is 33.8 Å². The molecule has 0 amide bonds. The van der Waals surface area contributed by atoms with Gasteiger partial charge in [0.05, 0.1) is 0 Å². The first kappa shape index (κ1) is 11.9. The molecule has 2 aliphatic rings.